The molecular formula is C33H47F2IN2O6. The van der Waals surface area contributed by atoms with Crippen molar-refractivity contribution in [2.24, 2.45) is 5.41 Å². The van der Waals surface area contributed by atoms with Gasteiger partial charge in [-0.05, 0) is 62.3 Å². The molecule has 0 fully saturated rings. The van der Waals surface area contributed by atoms with Crippen LogP contribution in [0.15, 0.2) is 48.5 Å². The van der Waals surface area contributed by atoms with Gasteiger partial charge in [0.15, 0.2) is 6.29 Å². The van der Waals surface area contributed by atoms with Crippen LogP contribution < -0.4 is 10.6 Å². The number of hydrogen-bond acceptors (Lipinski definition) is 6. The summed E-state index contributed by atoms with van der Waals surface area (Å²) in [5, 5.41) is 5.73. The van der Waals surface area contributed by atoms with Gasteiger partial charge in [0, 0.05) is 13.0 Å². The topological polar surface area (TPSA) is 95.1 Å². The van der Waals surface area contributed by atoms with E-state index in [2.05, 4.69) is 54.0 Å². The standard InChI is InChI=1S/C33H47F2IN2O6/c1-22(39)37-27(17-24-15-25(34)18-26(35)16-24)30(43-20-23-11-9-8-10-12-23)28(38-31(40)44-33(5,6)7)21-42-29(19-36)41-14-13-32(2,3)4/h8-12,15-16,18,27-30H,13-14,17,19-21H2,1-7H3,(H,37,39)(H,38,40)/t27-,28+,29?,30-/m0/s1. The van der Waals surface area contributed by atoms with Gasteiger partial charge in [0.1, 0.15) is 23.3 Å². The summed E-state index contributed by atoms with van der Waals surface area (Å²) >= 11 is 2.17. The van der Waals surface area contributed by atoms with E-state index in [1.807, 2.05) is 30.3 Å². The van der Waals surface area contributed by atoms with Crippen molar-refractivity contribution in [3.63, 3.8) is 0 Å². The molecular weight excluding hydrogens is 685 g/mol. The molecule has 0 aliphatic carbocycles. The number of rotatable bonds is 16. The smallest absolute Gasteiger partial charge is 0.408 e. The van der Waals surface area contributed by atoms with E-state index >= 15 is 0 Å². The lowest BCUT2D eigenvalue weighted by atomic mass is 9.93. The minimum Gasteiger partial charge on any atom is -0.444 e. The minimum absolute atomic E-state index is 0.0119. The summed E-state index contributed by atoms with van der Waals surface area (Å²) in [6.07, 6.45) is -1.37. The van der Waals surface area contributed by atoms with Crippen LogP contribution in [0.2, 0.25) is 0 Å². The molecule has 8 nitrogen and oxygen atoms in total. The van der Waals surface area contributed by atoms with Crippen molar-refractivity contribution in [3.05, 3.63) is 71.3 Å². The Morgan fingerprint density at radius 2 is 1.50 bits per heavy atom. The van der Waals surface area contributed by atoms with Crippen molar-refractivity contribution < 1.29 is 37.3 Å². The summed E-state index contributed by atoms with van der Waals surface area (Å²) in [4.78, 5) is 25.5. The van der Waals surface area contributed by atoms with E-state index in [0.29, 0.717) is 16.6 Å². The Labute approximate surface area is 274 Å². The summed E-state index contributed by atoms with van der Waals surface area (Å²) in [6.45, 7) is 13.5. The van der Waals surface area contributed by atoms with Crippen LogP contribution in [0, 0.1) is 17.0 Å². The number of alkyl halides is 1. The van der Waals surface area contributed by atoms with Crippen LogP contribution in [-0.2, 0) is 36.8 Å². The maximum atomic E-state index is 14.2. The van der Waals surface area contributed by atoms with E-state index in [4.69, 9.17) is 18.9 Å². The fourth-order valence-electron chi connectivity index (χ4n) is 4.29. The van der Waals surface area contributed by atoms with Crippen LogP contribution in [0.5, 0.6) is 0 Å². The zero-order valence-corrected chi connectivity index (χ0v) is 28.9. The number of halogens is 3. The summed E-state index contributed by atoms with van der Waals surface area (Å²) in [5.74, 6) is -1.87. The van der Waals surface area contributed by atoms with Crippen LogP contribution in [0.1, 0.15) is 66.0 Å². The molecule has 2 amide bonds. The third kappa shape index (κ3) is 15.6. The van der Waals surface area contributed by atoms with Crippen LogP contribution in [0.4, 0.5) is 13.6 Å². The van der Waals surface area contributed by atoms with E-state index < -0.39 is 47.8 Å². The number of nitrogens with one attached hydrogen (secondary N) is 2. The van der Waals surface area contributed by atoms with Gasteiger partial charge in [-0.2, -0.15) is 0 Å². The highest BCUT2D eigenvalue weighted by atomic mass is 127. The molecule has 2 aromatic carbocycles. The van der Waals surface area contributed by atoms with E-state index in [9.17, 15) is 18.4 Å². The Hall–Kier alpha value is -2.35. The van der Waals surface area contributed by atoms with Gasteiger partial charge in [-0.15, -0.1) is 0 Å². The Balaban J connectivity index is 2.45. The molecule has 44 heavy (non-hydrogen) atoms. The molecule has 246 valence electrons. The monoisotopic (exact) mass is 732 g/mol. The Kier molecular flexibility index (Phi) is 15.4. The van der Waals surface area contributed by atoms with Crippen molar-refractivity contribution in [1.29, 1.82) is 0 Å². The largest absolute Gasteiger partial charge is 0.444 e. The predicted molar refractivity (Wildman–Crippen MR) is 174 cm³/mol. The SMILES string of the molecule is CC(=O)N[C@@H](Cc1cc(F)cc(F)c1)[C@H](OCc1ccccc1)[C@@H](COC(CI)OCCC(C)(C)C)NC(=O)OC(C)(C)C. The fourth-order valence-corrected chi connectivity index (χ4v) is 4.80. The summed E-state index contributed by atoms with van der Waals surface area (Å²) in [6, 6.07) is 10.9. The molecule has 11 heteroatoms. The van der Waals surface area contributed by atoms with Crippen LogP contribution >= 0.6 is 22.6 Å². The number of hydrogen-bond donors (Lipinski definition) is 2. The number of carbonyl (C=O) groups is 2. The number of ether oxygens (including phenoxy) is 4. The van der Waals surface area contributed by atoms with Gasteiger partial charge in [-0.1, -0.05) is 73.7 Å². The highest BCUT2D eigenvalue weighted by molar-refractivity contribution is 14.1. The first-order chi connectivity index (χ1) is 20.5. The molecule has 0 heterocycles. The van der Waals surface area contributed by atoms with E-state index in [1.165, 1.54) is 19.1 Å². The maximum absolute atomic E-state index is 14.2. The minimum atomic E-state index is -0.914. The van der Waals surface area contributed by atoms with Crippen molar-refractivity contribution in [3.8, 4) is 0 Å². The molecule has 2 aromatic rings. The lowest BCUT2D eigenvalue weighted by Gasteiger charge is -2.35. The second kappa shape index (κ2) is 18.0. The molecule has 4 atom stereocenters. The zero-order chi connectivity index (χ0) is 32.9. The van der Waals surface area contributed by atoms with Crippen LogP contribution in [0.3, 0.4) is 0 Å². The molecule has 0 radical (unpaired) electrons. The number of benzene rings is 2. The quantitative estimate of drug-likeness (QED) is 0.113. The third-order valence-corrected chi connectivity index (χ3v) is 7.01. The Morgan fingerprint density at radius 3 is 2.05 bits per heavy atom. The first kappa shape index (κ1) is 37.8. The molecule has 0 aromatic heterocycles. The van der Waals surface area contributed by atoms with Crippen molar-refractivity contribution >= 4 is 34.6 Å². The highest BCUT2D eigenvalue weighted by Crippen LogP contribution is 2.21. The Bertz CT molecular complexity index is 1150. The van der Waals surface area contributed by atoms with Crippen molar-refractivity contribution in [2.45, 2.75) is 98.0 Å². The fraction of sp³-hybridized carbons (Fsp3) is 0.576. The number of alkyl carbamates (subject to hydrolysis) is 1. The molecule has 0 aliphatic heterocycles. The van der Waals surface area contributed by atoms with Gasteiger partial charge in [-0.25, -0.2) is 13.6 Å². The normalized spacial score (nSPS) is 14.8. The average molecular weight is 733 g/mol. The lowest BCUT2D eigenvalue weighted by molar-refractivity contribution is -0.144. The number of carbonyl (C=O) groups excluding carboxylic acids is 2. The summed E-state index contributed by atoms with van der Waals surface area (Å²) < 4.78 is 53.0. The van der Waals surface area contributed by atoms with Crippen LogP contribution in [-0.4, -0.2) is 59.7 Å². The van der Waals surface area contributed by atoms with E-state index in [0.717, 1.165) is 18.1 Å². The van der Waals surface area contributed by atoms with Crippen molar-refractivity contribution in [1.82, 2.24) is 10.6 Å². The van der Waals surface area contributed by atoms with Crippen molar-refractivity contribution in [2.75, 3.05) is 17.6 Å². The lowest BCUT2D eigenvalue weighted by Crippen LogP contribution is -2.58. The average Bonchev–Trinajstić information content (AvgIpc) is 2.88. The Morgan fingerprint density at radius 1 is 0.864 bits per heavy atom. The molecule has 0 bridgehead atoms. The molecule has 0 spiro atoms. The third-order valence-electron chi connectivity index (χ3n) is 6.29. The predicted octanol–water partition coefficient (Wildman–Crippen LogP) is 6.72. The first-order valence-electron chi connectivity index (χ1n) is 14.7. The molecule has 1 unspecified atom stereocenters. The molecule has 0 aliphatic rings. The van der Waals surface area contributed by atoms with Gasteiger partial charge in [0.2, 0.25) is 5.91 Å². The second-order valence-corrected chi connectivity index (χ2v) is 13.8. The number of amides is 2. The summed E-state index contributed by atoms with van der Waals surface area (Å²) in [7, 11) is 0. The van der Waals surface area contributed by atoms with Gasteiger partial charge in [-0.3, -0.25) is 4.79 Å². The van der Waals surface area contributed by atoms with E-state index in [1.54, 1.807) is 20.8 Å². The van der Waals surface area contributed by atoms with Gasteiger partial charge in [0.05, 0.1) is 36.3 Å². The molecule has 2 N–H and O–H groups in total. The zero-order valence-electron chi connectivity index (χ0n) is 26.8. The molecule has 0 saturated heterocycles. The molecule has 2 rings (SSSR count). The van der Waals surface area contributed by atoms with Crippen LogP contribution in [0.25, 0.3) is 0 Å². The van der Waals surface area contributed by atoms with Gasteiger partial charge < -0.3 is 29.6 Å². The maximum Gasteiger partial charge on any atom is 0.408 e. The highest BCUT2D eigenvalue weighted by Gasteiger charge is 2.35. The summed E-state index contributed by atoms with van der Waals surface area (Å²) in [5.41, 5.74) is 0.451. The van der Waals surface area contributed by atoms with Gasteiger partial charge >= 0.3 is 6.09 Å². The van der Waals surface area contributed by atoms with Gasteiger partial charge in [0.25, 0.3) is 0 Å². The second-order valence-electron chi connectivity index (χ2n) is 12.9. The van der Waals surface area contributed by atoms with E-state index in [-0.39, 0.29) is 31.0 Å². The first-order valence-corrected chi connectivity index (χ1v) is 16.2. The molecule has 0 saturated carbocycles.